The van der Waals surface area contributed by atoms with Gasteiger partial charge < -0.3 is 11.5 Å². The molecule has 4 N–H and O–H groups in total. The zero-order valence-electron chi connectivity index (χ0n) is 7.69. The summed E-state index contributed by atoms with van der Waals surface area (Å²) in [6.07, 6.45) is 0. The number of ketones is 2. The van der Waals surface area contributed by atoms with E-state index in [1.807, 2.05) is 0 Å². The predicted octanol–water partition coefficient (Wildman–Crippen LogP) is -0.0306. The lowest BCUT2D eigenvalue weighted by atomic mass is 10.0. The van der Waals surface area contributed by atoms with E-state index in [4.69, 9.17) is 11.5 Å². The molecule has 14 heavy (non-hydrogen) atoms. The Morgan fingerprint density at radius 1 is 1.00 bits per heavy atom. The fraction of sp³-hybridized carbons (Fsp3) is 0.200. The van der Waals surface area contributed by atoms with Gasteiger partial charge in [-0.05, 0) is 6.07 Å². The van der Waals surface area contributed by atoms with Crippen LogP contribution in [0.15, 0.2) is 24.3 Å². The van der Waals surface area contributed by atoms with Crippen molar-refractivity contribution in [3.63, 3.8) is 0 Å². The number of hydrogen-bond donors (Lipinski definition) is 2. The average Bonchev–Trinajstić information content (AvgIpc) is 2.27. The molecule has 0 heterocycles. The first kappa shape index (κ1) is 10.6. The summed E-state index contributed by atoms with van der Waals surface area (Å²) in [4.78, 5) is 22.4. The molecule has 1 aromatic carbocycles. The first-order chi connectivity index (χ1) is 6.69. The molecule has 0 saturated carbocycles. The van der Waals surface area contributed by atoms with Gasteiger partial charge >= 0.3 is 0 Å². The standard InChI is InChI=1S/C10H12N2O2/c11-5-9(13)7-2-1-3-8(4-7)10(14)6-12/h1-4H,5-6,11-12H2. The maximum Gasteiger partial charge on any atom is 0.176 e. The van der Waals surface area contributed by atoms with E-state index in [-0.39, 0.29) is 24.7 Å². The Kier molecular flexibility index (Phi) is 3.50. The Morgan fingerprint density at radius 2 is 1.43 bits per heavy atom. The summed E-state index contributed by atoms with van der Waals surface area (Å²) in [7, 11) is 0. The van der Waals surface area contributed by atoms with E-state index >= 15 is 0 Å². The lowest BCUT2D eigenvalue weighted by molar-refractivity contribution is 0.100. The number of carbonyl (C=O) groups excluding carboxylic acids is 2. The fourth-order valence-corrected chi connectivity index (χ4v) is 1.10. The van der Waals surface area contributed by atoms with Gasteiger partial charge in [-0.25, -0.2) is 0 Å². The van der Waals surface area contributed by atoms with Crippen molar-refractivity contribution in [2.75, 3.05) is 13.1 Å². The second-order valence-electron chi connectivity index (χ2n) is 2.84. The maximum absolute atomic E-state index is 11.2. The van der Waals surface area contributed by atoms with Crippen molar-refractivity contribution in [3.8, 4) is 0 Å². The Balaban J connectivity index is 3.01. The van der Waals surface area contributed by atoms with Gasteiger partial charge in [0.15, 0.2) is 11.6 Å². The summed E-state index contributed by atoms with van der Waals surface area (Å²) >= 11 is 0. The molecule has 0 aromatic heterocycles. The van der Waals surface area contributed by atoms with Gasteiger partial charge in [0.25, 0.3) is 0 Å². The van der Waals surface area contributed by atoms with Gasteiger partial charge in [-0.3, -0.25) is 9.59 Å². The molecule has 0 bridgehead atoms. The quantitative estimate of drug-likeness (QED) is 0.656. The van der Waals surface area contributed by atoms with Gasteiger partial charge in [0.1, 0.15) is 0 Å². The molecule has 0 radical (unpaired) electrons. The topological polar surface area (TPSA) is 86.2 Å². The van der Waals surface area contributed by atoms with Gasteiger partial charge in [0.2, 0.25) is 0 Å². The minimum Gasteiger partial charge on any atom is -0.324 e. The van der Waals surface area contributed by atoms with Crippen molar-refractivity contribution in [3.05, 3.63) is 35.4 Å². The molecule has 0 aliphatic carbocycles. The molecule has 0 amide bonds. The second-order valence-corrected chi connectivity index (χ2v) is 2.84. The molecular weight excluding hydrogens is 180 g/mol. The summed E-state index contributed by atoms with van der Waals surface area (Å²) in [6.45, 7) is -0.111. The first-order valence-corrected chi connectivity index (χ1v) is 4.25. The largest absolute Gasteiger partial charge is 0.324 e. The third kappa shape index (κ3) is 2.25. The van der Waals surface area contributed by atoms with Crippen LogP contribution in [0.1, 0.15) is 20.7 Å². The second kappa shape index (κ2) is 4.64. The normalized spacial score (nSPS) is 9.86. The SMILES string of the molecule is NCC(=O)c1cccc(C(=O)CN)c1. The maximum atomic E-state index is 11.2. The van der Waals surface area contributed by atoms with Gasteiger partial charge in [0.05, 0.1) is 13.1 Å². The fourth-order valence-electron chi connectivity index (χ4n) is 1.10. The van der Waals surface area contributed by atoms with Crippen LogP contribution in [-0.2, 0) is 0 Å². The van der Waals surface area contributed by atoms with Crippen LogP contribution in [0.25, 0.3) is 0 Å². The summed E-state index contributed by atoms with van der Waals surface area (Å²) < 4.78 is 0. The van der Waals surface area contributed by atoms with Crippen molar-refractivity contribution < 1.29 is 9.59 Å². The third-order valence-electron chi connectivity index (χ3n) is 1.88. The van der Waals surface area contributed by atoms with E-state index < -0.39 is 0 Å². The Hall–Kier alpha value is -1.52. The summed E-state index contributed by atoms with van der Waals surface area (Å²) in [5, 5.41) is 0. The molecule has 0 saturated heterocycles. The summed E-state index contributed by atoms with van der Waals surface area (Å²) in [5.41, 5.74) is 11.3. The highest BCUT2D eigenvalue weighted by Crippen LogP contribution is 2.06. The Bertz CT molecular complexity index is 330. The molecule has 0 aliphatic rings. The molecule has 0 unspecified atom stereocenters. The van der Waals surface area contributed by atoms with Gasteiger partial charge in [-0.15, -0.1) is 0 Å². The average molecular weight is 192 g/mol. The number of hydrogen-bond acceptors (Lipinski definition) is 4. The zero-order chi connectivity index (χ0) is 10.6. The van der Waals surface area contributed by atoms with Gasteiger partial charge in [-0.2, -0.15) is 0 Å². The Labute approximate surface area is 81.9 Å². The van der Waals surface area contributed by atoms with E-state index in [0.717, 1.165) is 0 Å². The van der Waals surface area contributed by atoms with E-state index in [9.17, 15) is 9.59 Å². The molecule has 4 heteroatoms. The third-order valence-corrected chi connectivity index (χ3v) is 1.88. The van der Waals surface area contributed by atoms with Crippen molar-refractivity contribution in [1.29, 1.82) is 0 Å². The molecule has 0 aliphatic heterocycles. The highest BCUT2D eigenvalue weighted by Gasteiger charge is 2.07. The minimum atomic E-state index is -0.184. The lowest BCUT2D eigenvalue weighted by Gasteiger charge is -2.01. The van der Waals surface area contributed by atoms with Crippen LogP contribution in [-0.4, -0.2) is 24.7 Å². The summed E-state index contributed by atoms with van der Waals surface area (Å²) in [5.74, 6) is -0.367. The number of nitrogens with two attached hydrogens (primary N) is 2. The van der Waals surface area contributed by atoms with E-state index in [1.165, 1.54) is 6.07 Å². The highest BCUT2D eigenvalue weighted by atomic mass is 16.1. The van der Waals surface area contributed by atoms with Crippen LogP contribution >= 0.6 is 0 Å². The van der Waals surface area contributed by atoms with Crippen LogP contribution in [0.5, 0.6) is 0 Å². The van der Waals surface area contributed by atoms with E-state index in [2.05, 4.69) is 0 Å². The highest BCUT2D eigenvalue weighted by molar-refractivity contribution is 6.02. The number of Topliss-reactive ketones (excluding diaryl/α,β-unsaturated/α-hetero) is 2. The number of benzene rings is 1. The van der Waals surface area contributed by atoms with Crippen LogP contribution < -0.4 is 11.5 Å². The molecule has 4 nitrogen and oxygen atoms in total. The molecule has 74 valence electrons. The van der Waals surface area contributed by atoms with E-state index in [0.29, 0.717) is 11.1 Å². The van der Waals surface area contributed by atoms with Crippen molar-refractivity contribution in [2.24, 2.45) is 11.5 Å². The van der Waals surface area contributed by atoms with Crippen LogP contribution in [0.4, 0.5) is 0 Å². The van der Waals surface area contributed by atoms with Gasteiger partial charge in [-0.1, -0.05) is 18.2 Å². The van der Waals surface area contributed by atoms with Crippen molar-refractivity contribution >= 4 is 11.6 Å². The Morgan fingerprint density at radius 3 is 1.79 bits per heavy atom. The smallest absolute Gasteiger partial charge is 0.176 e. The van der Waals surface area contributed by atoms with Crippen molar-refractivity contribution in [1.82, 2.24) is 0 Å². The van der Waals surface area contributed by atoms with Crippen molar-refractivity contribution in [2.45, 2.75) is 0 Å². The first-order valence-electron chi connectivity index (χ1n) is 4.25. The molecule has 0 fully saturated rings. The predicted molar refractivity (Wildman–Crippen MR) is 53.2 cm³/mol. The van der Waals surface area contributed by atoms with Crippen LogP contribution in [0, 0.1) is 0 Å². The van der Waals surface area contributed by atoms with Crippen LogP contribution in [0.2, 0.25) is 0 Å². The number of rotatable bonds is 4. The number of carbonyl (C=O) groups is 2. The van der Waals surface area contributed by atoms with E-state index in [1.54, 1.807) is 18.2 Å². The van der Waals surface area contributed by atoms with Gasteiger partial charge in [0, 0.05) is 11.1 Å². The minimum absolute atomic E-state index is 0.0553. The van der Waals surface area contributed by atoms with Crippen LogP contribution in [0.3, 0.4) is 0 Å². The molecule has 1 rings (SSSR count). The zero-order valence-corrected chi connectivity index (χ0v) is 7.69. The molecule has 1 aromatic rings. The molecule has 0 spiro atoms. The molecular formula is C10H12N2O2. The monoisotopic (exact) mass is 192 g/mol. The molecule has 0 atom stereocenters. The lowest BCUT2D eigenvalue weighted by Crippen LogP contribution is -2.16. The summed E-state index contributed by atoms with van der Waals surface area (Å²) in [6, 6.07) is 6.42.